The van der Waals surface area contributed by atoms with E-state index in [1.165, 1.54) is 0 Å². The van der Waals surface area contributed by atoms with Gasteiger partial charge in [-0.05, 0) is 42.5 Å². The number of benzene rings is 1. The second-order valence-electron chi connectivity index (χ2n) is 7.73. The zero-order chi connectivity index (χ0) is 19.5. The Bertz CT molecular complexity index is 908. The van der Waals surface area contributed by atoms with Crippen LogP contribution in [0.25, 0.3) is 0 Å². The van der Waals surface area contributed by atoms with Crippen LogP contribution < -0.4 is 20.9 Å². The van der Waals surface area contributed by atoms with Gasteiger partial charge in [0.2, 0.25) is 5.91 Å². The number of carbonyl (C=O) groups excluding carboxylic acids is 1. The van der Waals surface area contributed by atoms with E-state index in [-0.39, 0.29) is 17.5 Å². The molecular formula is C22H27N3O3. The number of fused-ring (bicyclic) bond motifs is 4. The number of aryl methyl sites for hydroxylation is 1. The summed E-state index contributed by atoms with van der Waals surface area (Å²) in [7, 11) is 1.64. The average molecular weight is 381 g/mol. The molecule has 28 heavy (non-hydrogen) atoms. The van der Waals surface area contributed by atoms with E-state index >= 15 is 0 Å². The molecule has 2 N–H and O–H groups in total. The Kier molecular flexibility index (Phi) is 5.48. The van der Waals surface area contributed by atoms with Crippen LogP contribution in [0.4, 0.5) is 0 Å². The molecule has 6 heteroatoms. The van der Waals surface area contributed by atoms with Crippen molar-refractivity contribution in [3.8, 4) is 5.75 Å². The molecule has 1 fully saturated rings. The van der Waals surface area contributed by atoms with Crippen LogP contribution in [0.3, 0.4) is 0 Å². The van der Waals surface area contributed by atoms with Crippen LogP contribution in [0.1, 0.15) is 36.1 Å². The highest BCUT2D eigenvalue weighted by atomic mass is 16.5. The number of hydrogen-bond donors (Lipinski definition) is 2. The van der Waals surface area contributed by atoms with Crippen LogP contribution in [-0.4, -0.2) is 37.2 Å². The third-order valence-corrected chi connectivity index (χ3v) is 5.98. The zero-order valence-electron chi connectivity index (χ0n) is 16.2. The third-order valence-electron chi connectivity index (χ3n) is 5.98. The third kappa shape index (κ3) is 3.83. The summed E-state index contributed by atoms with van der Waals surface area (Å²) in [6, 6.07) is 13.3. The van der Waals surface area contributed by atoms with Gasteiger partial charge < -0.3 is 19.9 Å². The van der Waals surface area contributed by atoms with Gasteiger partial charge in [-0.15, -0.1) is 0 Å². The van der Waals surface area contributed by atoms with Gasteiger partial charge in [-0.1, -0.05) is 18.2 Å². The van der Waals surface area contributed by atoms with Gasteiger partial charge in [0.15, 0.2) is 0 Å². The summed E-state index contributed by atoms with van der Waals surface area (Å²) < 4.78 is 7.15. The van der Waals surface area contributed by atoms with Gasteiger partial charge in [-0.2, -0.15) is 0 Å². The van der Waals surface area contributed by atoms with Crippen LogP contribution in [-0.2, 0) is 11.2 Å². The van der Waals surface area contributed by atoms with E-state index in [0.717, 1.165) is 36.5 Å². The number of nitrogens with zero attached hydrogens (tertiary/aromatic N) is 1. The van der Waals surface area contributed by atoms with Gasteiger partial charge in [-0.3, -0.25) is 9.59 Å². The largest absolute Gasteiger partial charge is 0.497 e. The monoisotopic (exact) mass is 381 g/mol. The van der Waals surface area contributed by atoms with Gasteiger partial charge in [0.05, 0.1) is 13.2 Å². The molecule has 0 spiro atoms. The lowest BCUT2D eigenvalue weighted by Gasteiger charge is -2.43. The summed E-state index contributed by atoms with van der Waals surface area (Å²) in [4.78, 5) is 25.0. The first-order chi connectivity index (χ1) is 13.7. The smallest absolute Gasteiger partial charge is 0.251 e. The van der Waals surface area contributed by atoms with E-state index in [2.05, 4.69) is 10.6 Å². The first-order valence-electron chi connectivity index (χ1n) is 9.97. The standard InChI is InChI=1S/C22H27N3O3/c1-28-18-5-2-4-15(10-18)8-9-21(26)24-14-20-17-11-16(12-23-13-17)19-6-3-7-22(27)25(19)20/h2-7,10,16-17,20,23H,8-9,11-14H2,1H3,(H,24,26)/t16-,17+,20+/m1/s1. The van der Waals surface area contributed by atoms with E-state index in [0.29, 0.717) is 31.2 Å². The predicted molar refractivity (Wildman–Crippen MR) is 108 cm³/mol. The number of pyridine rings is 1. The van der Waals surface area contributed by atoms with Crippen molar-refractivity contribution in [1.82, 2.24) is 15.2 Å². The van der Waals surface area contributed by atoms with Crippen molar-refractivity contribution >= 4 is 5.91 Å². The number of carbonyl (C=O) groups is 1. The Morgan fingerprint density at radius 3 is 2.96 bits per heavy atom. The number of amides is 1. The van der Waals surface area contributed by atoms with E-state index in [9.17, 15) is 9.59 Å². The van der Waals surface area contributed by atoms with Gasteiger partial charge >= 0.3 is 0 Å². The molecule has 0 radical (unpaired) electrons. The number of methoxy groups -OCH3 is 1. The van der Waals surface area contributed by atoms with Crippen molar-refractivity contribution in [2.24, 2.45) is 5.92 Å². The molecule has 2 aliphatic rings. The maximum atomic E-state index is 12.5. The summed E-state index contributed by atoms with van der Waals surface area (Å²) in [5, 5.41) is 6.55. The highest BCUT2D eigenvalue weighted by Crippen LogP contribution is 2.38. The molecule has 1 saturated heterocycles. The molecule has 3 heterocycles. The Morgan fingerprint density at radius 2 is 2.11 bits per heavy atom. The van der Waals surface area contributed by atoms with Crippen LogP contribution in [0, 0.1) is 5.92 Å². The second-order valence-corrected chi connectivity index (χ2v) is 7.73. The quantitative estimate of drug-likeness (QED) is 0.801. The molecule has 1 aromatic carbocycles. The number of ether oxygens (including phenoxy) is 1. The molecule has 2 aliphatic heterocycles. The molecule has 1 amide bonds. The van der Waals surface area contributed by atoms with Crippen LogP contribution >= 0.6 is 0 Å². The zero-order valence-corrected chi connectivity index (χ0v) is 16.2. The number of hydrogen-bond acceptors (Lipinski definition) is 4. The second kappa shape index (κ2) is 8.19. The first kappa shape index (κ1) is 18.7. The average Bonchev–Trinajstić information content (AvgIpc) is 2.73. The van der Waals surface area contributed by atoms with E-state index in [1.54, 1.807) is 13.2 Å². The van der Waals surface area contributed by atoms with Crippen LogP contribution in [0.2, 0.25) is 0 Å². The Balaban J connectivity index is 1.41. The van der Waals surface area contributed by atoms with Crippen molar-refractivity contribution in [2.45, 2.75) is 31.2 Å². The lowest BCUT2D eigenvalue weighted by molar-refractivity contribution is -0.121. The van der Waals surface area contributed by atoms with Gasteiger partial charge in [0.1, 0.15) is 5.75 Å². The molecule has 0 saturated carbocycles. The summed E-state index contributed by atoms with van der Waals surface area (Å²) in [5.74, 6) is 1.56. The maximum absolute atomic E-state index is 12.5. The summed E-state index contributed by atoms with van der Waals surface area (Å²) in [6.45, 7) is 2.30. The normalized spacial score (nSPS) is 23.0. The molecule has 0 aliphatic carbocycles. The minimum atomic E-state index is 0.00789. The van der Waals surface area contributed by atoms with Crippen molar-refractivity contribution in [1.29, 1.82) is 0 Å². The van der Waals surface area contributed by atoms with E-state index < -0.39 is 0 Å². The van der Waals surface area contributed by atoms with Gasteiger partial charge in [-0.25, -0.2) is 0 Å². The summed E-state index contributed by atoms with van der Waals surface area (Å²) in [5.41, 5.74) is 2.20. The fourth-order valence-electron chi connectivity index (χ4n) is 4.56. The predicted octanol–water partition coefficient (Wildman–Crippen LogP) is 1.85. The molecule has 2 aromatic rings. The molecule has 148 valence electrons. The van der Waals surface area contributed by atoms with Gasteiger partial charge in [0, 0.05) is 43.7 Å². The van der Waals surface area contributed by atoms with Gasteiger partial charge in [0.25, 0.3) is 5.56 Å². The summed E-state index contributed by atoms with van der Waals surface area (Å²) in [6.07, 6.45) is 2.15. The first-order valence-corrected chi connectivity index (χ1v) is 9.97. The fourth-order valence-corrected chi connectivity index (χ4v) is 4.56. The molecule has 4 rings (SSSR count). The van der Waals surface area contributed by atoms with E-state index in [4.69, 9.17) is 4.74 Å². The van der Waals surface area contributed by atoms with Crippen molar-refractivity contribution in [3.63, 3.8) is 0 Å². The molecule has 0 unspecified atom stereocenters. The Morgan fingerprint density at radius 1 is 1.25 bits per heavy atom. The number of piperidine rings is 1. The molecule has 6 nitrogen and oxygen atoms in total. The molecule has 2 bridgehead atoms. The van der Waals surface area contributed by atoms with Crippen molar-refractivity contribution in [2.75, 3.05) is 26.7 Å². The van der Waals surface area contributed by atoms with E-state index in [1.807, 2.05) is 41.0 Å². The van der Waals surface area contributed by atoms with Crippen molar-refractivity contribution < 1.29 is 9.53 Å². The number of rotatable bonds is 6. The topological polar surface area (TPSA) is 72.4 Å². The van der Waals surface area contributed by atoms with Crippen LogP contribution in [0.15, 0.2) is 47.3 Å². The Hall–Kier alpha value is -2.60. The molecule has 3 atom stereocenters. The molecule has 1 aromatic heterocycles. The Labute approximate surface area is 164 Å². The fraction of sp³-hybridized carbons (Fsp3) is 0.455. The highest BCUT2D eigenvalue weighted by molar-refractivity contribution is 5.76. The highest BCUT2D eigenvalue weighted by Gasteiger charge is 2.37. The summed E-state index contributed by atoms with van der Waals surface area (Å²) >= 11 is 0. The van der Waals surface area contributed by atoms with Crippen LogP contribution in [0.5, 0.6) is 5.75 Å². The molecular weight excluding hydrogens is 354 g/mol. The SMILES string of the molecule is COc1cccc(CCC(=O)NC[C@H]2[C@@H]3CNC[C@@H](C3)c3cccc(=O)n32)c1. The minimum Gasteiger partial charge on any atom is -0.497 e. The lowest BCUT2D eigenvalue weighted by atomic mass is 9.79. The lowest BCUT2D eigenvalue weighted by Crippen LogP contribution is -2.50. The van der Waals surface area contributed by atoms with Crippen molar-refractivity contribution in [3.05, 3.63) is 64.1 Å². The number of aromatic nitrogens is 1. The minimum absolute atomic E-state index is 0.00789. The number of nitrogens with one attached hydrogen (secondary N) is 2. The maximum Gasteiger partial charge on any atom is 0.251 e.